The number of sulfonamides is 1. The van der Waals surface area contributed by atoms with Gasteiger partial charge in [-0.3, -0.25) is 14.4 Å². The van der Waals surface area contributed by atoms with Gasteiger partial charge in [-0.15, -0.1) is 11.3 Å². The Bertz CT molecular complexity index is 1590. The first-order valence-corrected chi connectivity index (χ1v) is 15.4. The molecule has 0 aliphatic carbocycles. The van der Waals surface area contributed by atoms with Gasteiger partial charge in [0.15, 0.2) is 11.5 Å². The van der Waals surface area contributed by atoms with Crippen LogP contribution in [0.3, 0.4) is 0 Å². The Kier molecular flexibility index (Phi) is 7.41. The number of benzene rings is 2. The summed E-state index contributed by atoms with van der Waals surface area (Å²) < 4.78 is 43.6. The number of carbonyl (C=O) groups is 3. The first kappa shape index (κ1) is 27.2. The molecule has 6 rings (SSSR count). The van der Waals surface area contributed by atoms with Gasteiger partial charge in [0.25, 0.3) is 15.9 Å². The summed E-state index contributed by atoms with van der Waals surface area (Å²) in [4.78, 5) is 42.6. The van der Waals surface area contributed by atoms with Crippen LogP contribution in [0.1, 0.15) is 39.7 Å². The molecular formula is C28H27N3O8S2. The number of hydrogen-bond acceptors (Lipinski definition) is 9. The molecule has 41 heavy (non-hydrogen) atoms. The number of hydrogen-bond donors (Lipinski definition) is 1. The van der Waals surface area contributed by atoms with Crippen LogP contribution in [-0.2, 0) is 30.9 Å². The average molecular weight is 598 g/mol. The second-order valence-electron chi connectivity index (χ2n) is 9.82. The molecule has 1 N–H and O–H groups in total. The molecule has 0 bridgehead atoms. The number of thiophene rings is 1. The van der Waals surface area contributed by atoms with Crippen molar-refractivity contribution in [1.29, 1.82) is 0 Å². The van der Waals surface area contributed by atoms with Crippen LogP contribution in [0.2, 0.25) is 0 Å². The Hall–Kier alpha value is -3.94. The van der Waals surface area contributed by atoms with E-state index in [1.165, 1.54) is 34.4 Å². The molecule has 1 saturated heterocycles. The highest BCUT2D eigenvalue weighted by molar-refractivity contribution is 7.90. The molecule has 13 heteroatoms. The minimum Gasteiger partial charge on any atom is -0.454 e. The predicted octanol–water partition coefficient (Wildman–Crippen LogP) is 2.69. The Morgan fingerprint density at radius 1 is 1.10 bits per heavy atom. The second kappa shape index (κ2) is 11.1. The van der Waals surface area contributed by atoms with Crippen LogP contribution in [0.15, 0.2) is 64.9 Å². The molecule has 0 unspecified atom stereocenters. The molecule has 4 heterocycles. The third-order valence-electron chi connectivity index (χ3n) is 7.20. The fourth-order valence-electron chi connectivity index (χ4n) is 5.15. The van der Waals surface area contributed by atoms with E-state index in [4.69, 9.17) is 14.2 Å². The van der Waals surface area contributed by atoms with E-state index >= 15 is 0 Å². The van der Waals surface area contributed by atoms with Crippen molar-refractivity contribution < 1.29 is 37.0 Å². The first-order valence-electron chi connectivity index (χ1n) is 13.1. The number of nitrogens with one attached hydrogen (secondary N) is 1. The highest BCUT2D eigenvalue weighted by atomic mass is 32.2. The zero-order valence-electron chi connectivity index (χ0n) is 21.9. The van der Waals surface area contributed by atoms with E-state index in [-0.39, 0.29) is 36.4 Å². The van der Waals surface area contributed by atoms with Crippen LogP contribution in [0.25, 0.3) is 0 Å². The normalized spacial score (nSPS) is 19.2. The second-order valence-corrected chi connectivity index (χ2v) is 12.6. The Labute approximate surface area is 240 Å². The number of carbonyl (C=O) groups excluding carboxylic acids is 3. The molecule has 0 saturated carbocycles. The lowest BCUT2D eigenvalue weighted by Crippen LogP contribution is -2.48. The molecule has 214 valence electrons. The van der Waals surface area contributed by atoms with Gasteiger partial charge < -0.3 is 24.4 Å². The molecule has 11 nitrogen and oxygen atoms in total. The van der Waals surface area contributed by atoms with E-state index in [0.29, 0.717) is 32.9 Å². The van der Waals surface area contributed by atoms with Crippen molar-refractivity contribution in [3.05, 3.63) is 76.0 Å². The molecule has 3 amide bonds. The maximum absolute atomic E-state index is 14.0. The summed E-state index contributed by atoms with van der Waals surface area (Å²) in [5.41, 5.74) is 0.640. The molecule has 1 aromatic heterocycles. The van der Waals surface area contributed by atoms with Crippen LogP contribution in [0, 0.1) is 0 Å². The summed E-state index contributed by atoms with van der Waals surface area (Å²) in [6, 6.07) is 13.4. The Morgan fingerprint density at radius 2 is 1.93 bits per heavy atom. The maximum Gasteiger partial charge on any atom is 0.269 e. The minimum atomic E-state index is -4.24. The molecule has 3 aromatic rings. The van der Waals surface area contributed by atoms with E-state index in [1.54, 1.807) is 41.8 Å². The van der Waals surface area contributed by atoms with Crippen LogP contribution >= 0.6 is 11.3 Å². The smallest absolute Gasteiger partial charge is 0.269 e. The van der Waals surface area contributed by atoms with Crippen molar-refractivity contribution in [3.63, 3.8) is 0 Å². The van der Waals surface area contributed by atoms with Crippen molar-refractivity contribution in [3.8, 4) is 11.5 Å². The summed E-state index contributed by atoms with van der Waals surface area (Å²) in [6.07, 6.45) is 1.61. The van der Waals surface area contributed by atoms with Crippen molar-refractivity contribution in [2.75, 3.05) is 26.5 Å². The van der Waals surface area contributed by atoms with E-state index in [0.717, 1.165) is 12.8 Å². The molecule has 2 atom stereocenters. The predicted molar refractivity (Wildman–Crippen MR) is 147 cm³/mol. The zero-order valence-corrected chi connectivity index (χ0v) is 23.5. The lowest BCUT2D eigenvalue weighted by atomic mass is 10.1. The fourth-order valence-corrected chi connectivity index (χ4v) is 7.50. The SMILES string of the molecule is O=C(NC[C@@H]1CCCO1)[C@@H](c1cccs1)N(Cc1ccc2c(c1)OCO2)C(=O)CN1C(=O)c2ccccc2S1(=O)=O. The van der Waals surface area contributed by atoms with Crippen molar-refractivity contribution in [2.24, 2.45) is 0 Å². The molecular weight excluding hydrogens is 570 g/mol. The van der Waals surface area contributed by atoms with Gasteiger partial charge in [-0.1, -0.05) is 24.3 Å². The molecule has 2 aromatic carbocycles. The topological polar surface area (TPSA) is 132 Å². The lowest BCUT2D eigenvalue weighted by molar-refractivity contribution is -0.141. The van der Waals surface area contributed by atoms with Gasteiger partial charge in [0, 0.05) is 24.6 Å². The quantitative estimate of drug-likeness (QED) is 0.398. The van der Waals surface area contributed by atoms with Crippen molar-refractivity contribution in [2.45, 2.75) is 36.4 Å². The molecule has 0 radical (unpaired) electrons. The Balaban J connectivity index is 1.33. The van der Waals surface area contributed by atoms with Gasteiger partial charge in [-0.25, -0.2) is 12.7 Å². The number of ether oxygens (including phenoxy) is 3. The van der Waals surface area contributed by atoms with Gasteiger partial charge in [0.05, 0.1) is 11.7 Å². The number of fused-ring (bicyclic) bond motifs is 2. The van der Waals surface area contributed by atoms with Gasteiger partial charge in [0.2, 0.25) is 18.6 Å². The van der Waals surface area contributed by atoms with Gasteiger partial charge in [-0.2, -0.15) is 0 Å². The van der Waals surface area contributed by atoms with E-state index in [1.807, 2.05) is 0 Å². The monoisotopic (exact) mass is 597 g/mol. The van der Waals surface area contributed by atoms with Crippen LogP contribution in [-0.4, -0.2) is 67.9 Å². The maximum atomic E-state index is 14.0. The molecule has 0 spiro atoms. The highest BCUT2D eigenvalue weighted by Gasteiger charge is 2.44. The standard InChI is InChI=1S/C28H27N3O8S2/c32-25(16-31-28(34)20-6-1-2-8-24(20)41(31,35)36)30(15-18-9-10-21-22(13-18)39-17-38-21)26(23-7-4-12-40-23)27(33)29-14-19-5-3-11-37-19/h1-2,4,6-10,12-13,19,26H,3,5,11,14-17H2,(H,29,33)/t19-,26+/m0/s1. The number of rotatable bonds is 9. The molecule has 3 aliphatic rings. The Morgan fingerprint density at radius 3 is 2.68 bits per heavy atom. The summed E-state index contributed by atoms with van der Waals surface area (Å²) >= 11 is 1.30. The number of nitrogens with zero attached hydrogens (tertiary/aromatic N) is 2. The number of amides is 3. The van der Waals surface area contributed by atoms with Gasteiger partial charge >= 0.3 is 0 Å². The third-order valence-corrected chi connectivity index (χ3v) is 9.91. The molecule has 3 aliphatic heterocycles. The summed E-state index contributed by atoms with van der Waals surface area (Å²) in [5.74, 6) is -0.873. The summed E-state index contributed by atoms with van der Waals surface area (Å²) in [7, 11) is -4.24. The molecule has 1 fully saturated rings. The van der Waals surface area contributed by atoms with Crippen molar-refractivity contribution in [1.82, 2.24) is 14.5 Å². The van der Waals surface area contributed by atoms with Crippen LogP contribution < -0.4 is 14.8 Å². The third kappa shape index (κ3) is 5.27. The highest BCUT2D eigenvalue weighted by Crippen LogP contribution is 2.35. The summed E-state index contributed by atoms with van der Waals surface area (Å²) in [6.45, 7) is 0.160. The lowest BCUT2D eigenvalue weighted by Gasteiger charge is -2.32. The first-order chi connectivity index (χ1) is 19.8. The van der Waals surface area contributed by atoms with E-state index < -0.39 is 40.3 Å². The average Bonchev–Trinajstić information content (AvgIpc) is 3.78. The summed E-state index contributed by atoms with van der Waals surface area (Å²) in [5, 5.41) is 4.71. The van der Waals surface area contributed by atoms with Gasteiger partial charge in [0.1, 0.15) is 17.5 Å². The zero-order chi connectivity index (χ0) is 28.6. The van der Waals surface area contributed by atoms with Crippen molar-refractivity contribution >= 4 is 39.1 Å². The van der Waals surface area contributed by atoms with E-state index in [9.17, 15) is 22.8 Å². The van der Waals surface area contributed by atoms with Crippen LogP contribution in [0.4, 0.5) is 0 Å². The van der Waals surface area contributed by atoms with Crippen LogP contribution in [0.5, 0.6) is 11.5 Å². The fraction of sp³-hybridized carbons (Fsp3) is 0.321. The minimum absolute atomic E-state index is 0.00624. The van der Waals surface area contributed by atoms with E-state index in [2.05, 4.69) is 5.32 Å². The largest absolute Gasteiger partial charge is 0.454 e. The van der Waals surface area contributed by atoms with Gasteiger partial charge in [-0.05, 0) is 54.1 Å².